The fourth-order valence-electron chi connectivity index (χ4n) is 6.16. The molecular formula is C27H35Cl3N6O2. The van der Waals surface area contributed by atoms with Crippen LogP contribution >= 0.6 is 35.6 Å². The molecule has 2 aliphatic rings. The predicted molar refractivity (Wildman–Crippen MR) is 154 cm³/mol. The molecule has 2 fully saturated rings. The van der Waals surface area contributed by atoms with Crippen molar-refractivity contribution in [3.63, 3.8) is 0 Å². The number of hydrogen-bond donors (Lipinski definition) is 1. The molecule has 0 radical (unpaired) electrons. The lowest BCUT2D eigenvalue weighted by molar-refractivity contribution is -0.137. The van der Waals surface area contributed by atoms with Crippen LogP contribution in [0, 0.1) is 12.8 Å². The number of nitrogens with zero attached hydrogens (tertiary/aromatic N) is 6. The second kappa shape index (κ2) is 11.9. The zero-order chi connectivity index (χ0) is 26.3. The number of likely N-dealkylation sites (tertiary alicyclic amines) is 1. The first-order valence-corrected chi connectivity index (χ1v) is 13.9. The predicted octanol–water partition coefficient (Wildman–Crippen LogP) is 6.02. The Hall–Kier alpha value is -2.13. The lowest BCUT2D eigenvalue weighted by atomic mass is 9.91. The van der Waals surface area contributed by atoms with Gasteiger partial charge in [0.05, 0.1) is 17.9 Å². The molecule has 0 amide bonds. The van der Waals surface area contributed by atoms with E-state index in [0.717, 1.165) is 73.6 Å². The molecule has 4 heterocycles. The van der Waals surface area contributed by atoms with E-state index >= 15 is 0 Å². The van der Waals surface area contributed by atoms with Crippen molar-refractivity contribution < 1.29 is 9.90 Å². The van der Waals surface area contributed by atoms with Gasteiger partial charge in [-0.1, -0.05) is 36.2 Å². The fourth-order valence-corrected chi connectivity index (χ4v) is 6.73. The number of fused-ring (bicyclic) bond motifs is 1. The maximum atomic E-state index is 11.1. The van der Waals surface area contributed by atoms with E-state index in [1.807, 2.05) is 29.9 Å². The number of carbonyl (C=O) groups is 1. The molecule has 5 rings (SSSR count). The number of aliphatic carboxylic acids is 1. The van der Waals surface area contributed by atoms with Gasteiger partial charge in [-0.15, -0.1) is 12.4 Å². The van der Waals surface area contributed by atoms with Crippen LogP contribution in [0.2, 0.25) is 10.0 Å². The van der Waals surface area contributed by atoms with Gasteiger partial charge in [-0.3, -0.25) is 9.69 Å². The van der Waals surface area contributed by atoms with Crippen LogP contribution in [0.25, 0.3) is 11.2 Å². The summed E-state index contributed by atoms with van der Waals surface area (Å²) >= 11 is 12.6. The first-order valence-electron chi connectivity index (χ1n) is 13.1. The molecule has 2 aliphatic heterocycles. The summed E-state index contributed by atoms with van der Waals surface area (Å²) in [5, 5.41) is 15.1. The first-order chi connectivity index (χ1) is 17.7. The SMILES string of the molecule is Cc1nn([C@H](C)c2ccc(Cl)cc2Cl)c2nc(N3CC[C@H](N4CCCC4CCC(=O)O)[C@H](C)C3)cnc12.Cl. The molecule has 38 heavy (non-hydrogen) atoms. The normalized spacial score (nSPS) is 23.0. The van der Waals surface area contributed by atoms with Crippen molar-refractivity contribution in [2.24, 2.45) is 5.92 Å². The summed E-state index contributed by atoms with van der Waals surface area (Å²) in [5.74, 6) is 0.595. The van der Waals surface area contributed by atoms with E-state index in [0.29, 0.717) is 28.0 Å². The maximum absolute atomic E-state index is 11.1. The molecule has 4 atom stereocenters. The van der Waals surface area contributed by atoms with Gasteiger partial charge in [0.25, 0.3) is 0 Å². The Bertz CT molecular complexity index is 1300. The van der Waals surface area contributed by atoms with E-state index < -0.39 is 5.97 Å². The number of aromatic nitrogens is 4. The third-order valence-electron chi connectivity index (χ3n) is 8.06. The van der Waals surface area contributed by atoms with E-state index in [4.69, 9.17) is 43.4 Å². The number of carboxylic acid groups (broad SMARTS) is 1. The summed E-state index contributed by atoms with van der Waals surface area (Å²) in [4.78, 5) is 25.8. The molecule has 1 N–H and O–H groups in total. The van der Waals surface area contributed by atoms with Crippen LogP contribution in [0.4, 0.5) is 5.82 Å². The average Bonchev–Trinajstić information content (AvgIpc) is 3.46. The highest BCUT2D eigenvalue weighted by Crippen LogP contribution is 2.34. The minimum absolute atomic E-state index is 0. The van der Waals surface area contributed by atoms with Gasteiger partial charge in [0.15, 0.2) is 5.65 Å². The molecular weight excluding hydrogens is 547 g/mol. The van der Waals surface area contributed by atoms with Gasteiger partial charge in [0, 0.05) is 41.6 Å². The van der Waals surface area contributed by atoms with Crippen LogP contribution in [0.5, 0.6) is 0 Å². The second-order valence-corrected chi connectivity index (χ2v) is 11.4. The molecule has 0 aliphatic carbocycles. The Morgan fingerprint density at radius 2 is 2.03 bits per heavy atom. The lowest BCUT2D eigenvalue weighted by Gasteiger charge is -2.43. The Morgan fingerprint density at radius 3 is 2.74 bits per heavy atom. The fraction of sp³-hybridized carbons (Fsp3) is 0.556. The summed E-state index contributed by atoms with van der Waals surface area (Å²) in [5.41, 5.74) is 3.30. The summed E-state index contributed by atoms with van der Waals surface area (Å²) in [6.07, 6.45) is 6.12. The van der Waals surface area contributed by atoms with E-state index in [9.17, 15) is 4.79 Å². The van der Waals surface area contributed by atoms with Gasteiger partial charge in [-0.05, 0) is 69.7 Å². The maximum Gasteiger partial charge on any atom is 0.303 e. The van der Waals surface area contributed by atoms with Crippen LogP contribution in [-0.4, -0.2) is 67.4 Å². The molecule has 2 saturated heterocycles. The van der Waals surface area contributed by atoms with E-state index in [2.05, 4.69) is 23.6 Å². The van der Waals surface area contributed by atoms with Crippen molar-refractivity contribution in [3.8, 4) is 0 Å². The molecule has 0 saturated carbocycles. The first kappa shape index (κ1) is 28.9. The highest BCUT2D eigenvalue weighted by molar-refractivity contribution is 6.35. The van der Waals surface area contributed by atoms with Crippen LogP contribution in [0.3, 0.4) is 0 Å². The summed E-state index contributed by atoms with van der Waals surface area (Å²) in [6.45, 7) is 9.15. The minimum Gasteiger partial charge on any atom is -0.481 e. The van der Waals surface area contributed by atoms with Crippen molar-refractivity contribution in [3.05, 3.63) is 45.7 Å². The zero-order valence-electron chi connectivity index (χ0n) is 22.0. The van der Waals surface area contributed by atoms with Crippen molar-refractivity contribution >= 4 is 58.6 Å². The molecule has 0 bridgehead atoms. The van der Waals surface area contributed by atoms with Crippen molar-refractivity contribution in [2.45, 2.75) is 71.0 Å². The van der Waals surface area contributed by atoms with E-state index in [-0.39, 0.29) is 24.9 Å². The van der Waals surface area contributed by atoms with Gasteiger partial charge < -0.3 is 10.0 Å². The van der Waals surface area contributed by atoms with Crippen molar-refractivity contribution in [1.29, 1.82) is 0 Å². The number of halogens is 3. The van der Waals surface area contributed by atoms with Gasteiger partial charge >= 0.3 is 5.97 Å². The van der Waals surface area contributed by atoms with Crippen LogP contribution in [-0.2, 0) is 4.79 Å². The third-order valence-corrected chi connectivity index (χ3v) is 8.62. The standard InChI is InChI=1S/C27H34Cl2N6O2.ClH/c1-16-15-33(12-10-23(16)34-11-4-5-20(34)7-9-25(36)37)24-14-30-26-17(2)32-35(27(26)31-24)18(3)21-8-6-19(28)13-22(21)29;/h6,8,13-14,16,18,20,23H,4-5,7,9-12,15H2,1-3H3,(H,36,37);1H/t16-,18-,20?,23+;/m1./s1. The highest BCUT2D eigenvalue weighted by Gasteiger charge is 2.37. The van der Waals surface area contributed by atoms with Gasteiger partial charge in [0.2, 0.25) is 0 Å². The monoisotopic (exact) mass is 580 g/mol. The van der Waals surface area contributed by atoms with Gasteiger partial charge in [-0.25, -0.2) is 14.6 Å². The number of benzene rings is 1. The molecule has 11 heteroatoms. The third kappa shape index (κ3) is 5.74. The zero-order valence-corrected chi connectivity index (χ0v) is 24.3. The van der Waals surface area contributed by atoms with Crippen LogP contribution in [0.1, 0.15) is 63.3 Å². The molecule has 2 aromatic heterocycles. The largest absolute Gasteiger partial charge is 0.481 e. The van der Waals surface area contributed by atoms with E-state index in [1.54, 1.807) is 6.07 Å². The number of carboxylic acids is 1. The second-order valence-electron chi connectivity index (χ2n) is 10.5. The van der Waals surface area contributed by atoms with Gasteiger partial charge in [0.1, 0.15) is 11.3 Å². The highest BCUT2D eigenvalue weighted by atomic mass is 35.5. The summed E-state index contributed by atoms with van der Waals surface area (Å²) in [6, 6.07) is 6.24. The number of hydrogen-bond acceptors (Lipinski definition) is 6. The molecule has 1 aromatic carbocycles. The Morgan fingerprint density at radius 1 is 1.24 bits per heavy atom. The summed E-state index contributed by atoms with van der Waals surface area (Å²) < 4.78 is 1.91. The average molecular weight is 582 g/mol. The number of anilines is 1. The van der Waals surface area contributed by atoms with Crippen molar-refractivity contribution in [2.75, 3.05) is 24.5 Å². The van der Waals surface area contributed by atoms with E-state index in [1.165, 1.54) is 0 Å². The number of aryl methyl sites for hydroxylation is 1. The molecule has 0 spiro atoms. The summed E-state index contributed by atoms with van der Waals surface area (Å²) in [7, 11) is 0. The molecule has 206 valence electrons. The van der Waals surface area contributed by atoms with Crippen LogP contribution < -0.4 is 4.90 Å². The quantitative estimate of drug-likeness (QED) is 0.365. The molecule has 3 aromatic rings. The van der Waals surface area contributed by atoms with Gasteiger partial charge in [-0.2, -0.15) is 5.10 Å². The molecule has 8 nitrogen and oxygen atoms in total. The minimum atomic E-state index is -0.703. The number of piperidine rings is 1. The molecule has 1 unspecified atom stereocenters. The smallest absolute Gasteiger partial charge is 0.303 e. The topological polar surface area (TPSA) is 87.4 Å². The number of rotatable bonds is 7. The Labute approximate surface area is 239 Å². The lowest BCUT2D eigenvalue weighted by Crippen LogP contribution is -2.52. The Kier molecular flexibility index (Phi) is 9.07. The van der Waals surface area contributed by atoms with Crippen LogP contribution in [0.15, 0.2) is 24.4 Å². The Balaban J connectivity index is 0.00000336. The van der Waals surface area contributed by atoms with Crippen molar-refractivity contribution in [1.82, 2.24) is 24.6 Å².